The number of carbonyl (C=O) groups excluding carboxylic acids is 1. The van der Waals surface area contributed by atoms with E-state index < -0.39 is 10.8 Å². The van der Waals surface area contributed by atoms with Gasteiger partial charge < -0.3 is 29.0 Å². The Morgan fingerprint density at radius 1 is 0.960 bits per heavy atom. The van der Waals surface area contributed by atoms with Crippen LogP contribution in [0.2, 0.25) is 0 Å². The molecule has 8 nitrogen and oxygen atoms in total. The van der Waals surface area contributed by atoms with Crippen LogP contribution in [0.5, 0.6) is 0 Å². The highest BCUT2D eigenvalue weighted by Gasteiger charge is 2.03. The van der Waals surface area contributed by atoms with E-state index in [0.29, 0.717) is 64.3 Å². The summed E-state index contributed by atoms with van der Waals surface area (Å²) >= 11 is 0. The van der Waals surface area contributed by atoms with Gasteiger partial charge in [-0.3, -0.25) is 9.00 Å². The number of amides is 1. The van der Waals surface area contributed by atoms with Gasteiger partial charge in [0.05, 0.1) is 59.1 Å². The molecule has 25 heavy (non-hydrogen) atoms. The second kappa shape index (κ2) is 17.8. The molecular weight excluding hydrogens is 350 g/mol. The molecule has 148 valence electrons. The molecule has 0 aromatic rings. The standard InChI is InChI=1S/C16H31NO7S/c1-20-8-9-23-12-13-24-11-10-22-7-6-17-16(18)5-4-15(21-2)14-25(3)19/h4H,5-14H2,1-3H3,(H,17,18)/b15-4+. The molecule has 0 saturated heterocycles. The van der Waals surface area contributed by atoms with Crippen LogP contribution >= 0.6 is 0 Å². The summed E-state index contributed by atoms with van der Waals surface area (Å²) in [6, 6.07) is 0. The zero-order chi connectivity index (χ0) is 18.8. The van der Waals surface area contributed by atoms with Crippen molar-refractivity contribution in [2.24, 2.45) is 0 Å². The number of ether oxygens (including phenoxy) is 5. The summed E-state index contributed by atoms with van der Waals surface area (Å²) in [4.78, 5) is 11.6. The minimum atomic E-state index is -0.995. The van der Waals surface area contributed by atoms with Crippen LogP contribution in [0.4, 0.5) is 0 Å². The molecule has 9 heteroatoms. The molecule has 0 aliphatic carbocycles. The fourth-order valence-corrected chi connectivity index (χ4v) is 2.26. The lowest BCUT2D eigenvalue weighted by Gasteiger charge is -2.08. The molecule has 0 aromatic carbocycles. The topological polar surface area (TPSA) is 92.3 Å². The Morgan fingerprint density at radius 3 is 2.04 bits per heavy atom. The molecule has 0 radical (unpaired) electrons. The molecule has 1 atom stereocenters. The smallest absolute Gasteiger partial charge is 0.224 e. The van der Waals surface area contributed by atoms with Crippen molar-refractivity contribution in [2.45, 2.75) is 6.42 Å². The number of carbonyl (C=O) groups is 1. The number of rotatable bonds is 17. The molecule has 0 fully saturated rings. The van der Waals surface area contributed by atoms with E-state index in [9.17, 15) is 9.00 Å². The number of hydrogen-bond donors (Lipinski definition) is 1. The van der Waals surface area contributed by atoms with E-state index in [4.69, 9.17) is 23.7 Å². The van der Waals surface area contributed by atoms with Crippen molar-refractivity contribution < 1.29 is 32.7 Å². The number of hydrogen-bond acceptors (Lipinski definition) is 7. The van der Waals surface area contributed by atoms with Crippen LogP contribution in [-0.2, 0) is 39.3 Å². The van der Waals surface area contributed by atoms with Crippen LogP contribution in [0.15, 0.2) is 11.8 Å². The maximum atomic E-state index is 11.6. The van der Waals surface area contributed by atoms with Gasteiger partial charge in [-0.05, 0) is 6.08 Å². The molecule has 0 aliphatic rings. The van der Waals surface area contributed by atoms with Gasteiger partial charge in [-0.1, -0.05) is 0 Å². The van der Waals surface area contributed by atoms with Gasteiger partial charge in [0.25, 0.3) is 0 Å². The first-order valence-electron chi connectivity index (χ1n) is 8.12. The molecule has 1 unspecified atom stereocenters. The van der Waals surface area contributed by atoms with Crippen LogP contribution in [0.1, 0.15) is 6.42 Å². The lowest BCUT2D eigenvalue weighted by atomic mass is 10.3. The van der Waals surface area contributed by atoms with Gasteiger partial charge in [0.15, 0.2) is 0 Å². The first kappa shape index (κ1) is 24.0. The monoisotopic (exact) mass is 381 g/mol. The van der Waals surface area contributed by atoms with Crippen LogP contribution in [0.3, 0.4) is 0 Å². The van der Waals surface area contributed by atoms with Crippen molar-refractivity contribution in [3.05, 3.63) is 11.8 Å². The second-order valence-electron chi connectivity index (χ2n) is 4.98. The van der Waals surface area contributed by atoms with Gasteiger partial charge in [0, 0.05) is 37.1 Å². The Balaban J connectivity index is 3.45. The average Bonchev–Trinajstić information content (AvgIpc) is 2.59. The van der Waals surface area contributed by atoms with Crippen molar-refractivity contribution in [2.75, 3.05) is 79.0 Å². The first-order valence-corrected chi connectivity index (χ1v) is 9.84. The van der Waals surface area contributed by atoms with Crippen molar-refractivity contribution in [3.63, 3.8) is 0 Å². The van der Waals surface area contributed by atoms with Gasteiger partial charge in [0.2, 0.25) is 5.91 Å². The third kappa shape index (κ3) is 17.6. The molecule has 0 rings (SSSR count). The lowest BCUT2D eigenvalue weighted by molar-refractivity contribution is -0.120. The summed E-state index contributed by atoms with van der Waals surface area (Å²) in [6.45, 7) is 3.97. The second-order valence-corrected chi connectivity index (χ2v) is 6.41. The fraction of sp³-hybridized carbons (Fsp3) is 0.812. The highest BCUT2D eigenvalue weighted by atomic mass is 32.2. The van der Waals surface area contributed by atoms with Crippen LogP contribution in [0, 0.1) is 0 Å². The molecular formula is C16H31NO7S. The van der Waals surface area contributed by atoms with Crippen molar-refractivity contribution in [1.82, 2.24) is 5.32 Å². The molecule has 1 amide bonds. The van der Waals surface area contributed by atoms with Crippen molar-refractivity contribution >= 4 is 16.7 Å². The molecule has 0 bridgehead atoms. The predicted molar refractivity (Wildman–Crippen MR) is 96.0 cm³/mol. The normalized spacial score (nSPS) is 12.8. The maximum absolute atomic E-state index is 11.6. The third-order valence-electron chi connectivity index (χ3n) is 2.87. The summed E-state index contributed by atoms with van der Waals surface area (Å²) in [5.74, 6) is 0.727. The lowest BCUT2D eigenvalue weighted by Crippen LogP contribution is -2.27. The average molecular weight is 381 g/mol. The van der Waals surface area contributed by atoms with E-state index in [2.05, 4.69) is 5.32 Å². The van der Waals surface area contributed by atoms with Gasteiger partial charge in [0.1, 0.15) is 5.76 Å². The van der Waals surface area contributed by atoms with Crippen molar-refractivity contribution in [3.8, 4) is 0 Å². The quantitative estimate of drug-likeness (QED) is 0.282. The van der Waals surface area contributed by atoms with E-state index in [1.54, 1.807) is 19.4 Å². The Labute approximate surface area is 152 Å². The predicted octanol–water partition coefficient (Wildman–Crippen LogP) is 0.0977. The van der Waals surface area contributed by atoms with Crippen LogP contribution in [0.25, 0.3) is 0 Å². The molecule has 0 saturated carbocycles. The molecule has 0 spiro atoms. The molecule has 0 aromatic heterocycles. The Hall–Kier alpha value is -1.00. The maximum Gasteiger partial charge on any atom is 0.224 e. The van der Waals surface area contributed by atoms with Crippen LogP contribution < -0.4 is 5.32 Å². The minimum Gasteiger partial charge on any atom is -0.500 e. The van der Waals surface area contributed by atoms with Gasteiger partial charge in [-0.2, -0.15) is 0 Å². The summed E-state index contributed by atoms with van der Waals surface area (Å²) in [6.07, 6.45) is 3.41. The summed E-state index contributed by atoms with van der Waals surface area (Å²) in [7, 11) is 2.13. The van der Waals surface area contributed by atoms with Crippen molar-refractivity contribution in [1.29, 1.82) is 0 Å². The summed E-state index contributed by atoms with van der Waals surface area (Å²) in [5.41, 5.74) is 0. The van der Waals surface area contributed by atoms with E-state index >= 15 is 0 Å². The first-order chi connectivity index (χ1) is 12.1. The molecule has 0 aliphatic heterocycles. The largest absolute Gasteiger partial charge is 0.500 e. The van der Waals surface area contributed by atoms with Gasteiger partial charge in [-0.15, -0.1) is 0 Å². The number of methoxy groups -OCH3 is 2. The van der Waals surface area contributed by atoms with Gasteiger partial charge >= 0.3 is 0 Å². The molecule has 0 heterocycles. The minimum absolute atomic E-state index is 0.135. The van der Waals surface area contributed by atoms with E-state index in [0.717, 1.165) is 0 Å². The third-order valence-corrected chi connectivity index (χ3v) is 3.56. The zero-order valence-electron chi connectivity index (χ0n) is 15.4. The van der Waals surface area contributed by atoms with E-state index in [1.165, 1.54) is 7.11 Å². The zero-order valence-corrected chi connectivity index (χ0v) is 16.2. The Bertz CT molecular complexity index is 391. The molecule has 1 N–H and O–H groups in total. The van der Waals surface area contributed by atoms with Crippen LogP contribution in [-0.4, -0.2) is 89.1 Å². The SMILES string of the molecule is COCCOCCOCCOCCNC(=O)C/C=C(\CS(C)=O)OC. The number of nitrogens with one attached hydrogen (secondary N) is 1. The summed E-state index contributed by atoms with van der Waals surface area (Å²) in [5, 5.41) is 2.73. The highest BCUT2D eigenvalue weighted by molar-refractivity contribution is 7.84. The Morgan fingerprint density at radius 2 is 1.52 bits per heavy atom. The fourth-order valence-electron chi connectivity index (χ4n) is 1.63. The van der Waals surface area contributed by atoms with E-state index in [1.807, 2.05) is 0 Å². The summed E-state index contributed by atoms with van der Waals surface area (Å²) < 4.78 is 36.9. The van der Waals surface area contributed by atoms with E-state index in [-0.39, 0.29) is 12.3 Å². The Kier molecular flexibility index (Phi) is 17.1. The highest BCUT2D eigenvalue weighted by Crippen LogP contribution is 1.99. The van der Waals surface area contributed by atoms with Gasteiger partial charge in [-0.25, -0.2) is 0 Å².